The minimum atomic E-state index is -0.165. The summed E-state index contributed by atoms with van der Waals surface area (Å²) >= 11 is 1.40. The predicted octanol–water partition coefficient (Wildman–Crippen LogP) is 0.989. The number of hydrogen-bond acceptors (Lipinski definition) is 5. The average molecular weight is 265 g/mol. The fourth-order valence-corrected chi connectivity index (χ4v) is 3.00. The molecule has 96 valence electrons. The summed E-state index contributed by atoms with van der Waals surface area (Å²) in [4.78, 5) is 19.0. The van der Waals surface area contributed by atoms with Crippen LogP contribution < -0.4 is 10.9 Å². The molecular formula is C12H15N3O2S. The molecule has 0 amide bonds. The molecule has 0 aliphatic heterocycles. The van der Waals surface area contributed by atoms with Crippen LogP contribution in [0.25, 0.3) is 10.2 Å². The second-order valence-electron chi connectivity index (χ2n) is 4.79. The summed E-state index contributed by atoms with van der Waals surface area (Å²) < 4.78 is 0.666. The summed E-state index contributed by atoms with van der Waals surface area (Å²) in [6, 6.07) is 1.85. The largest absolute Gasteiger partial charge is 0.394 e. The Labute approximate surface area is 108 Å². The molecule has 0 bridgehead atoms. The highest BCUT2D eigenvalue weighted by molar-refractivity contribution is 7.17. The molecule has 0 radical (unpaired) electrons. The molecule has 0 unspecified atom stereocenters. The standard InChI is InChI=1S/C12H15N3O2S/c16-7-12(3-1-4-12)13-6-9-14-8-2-5-18-10(8)11(17)15-9/h2,5,13,16H,1,3-4,6-7H2,(H,14,15,17). The minimum Gasteiger partial charge on any atom is -0.394 e. The average Bonchev–Trinajstić information content (AvgIpc) is 2.77. The number of aromatic nitrogens is 2. The van der Waals surface area contributed by atoms with E-state index in [4.69, 9.17) is 0 Å². The molecule has 1 fully saturated rings. The van der Waals surface area contributed by atoms with Crippen molar-refractivity contribution in [2.45, 2.75) is 31.3 Å². The van der Waals surface area contributed by atoms with Crippen LogP contribution in [0.5, 0.6) is 0 Å². The monoisotopic (exact) mass is 265 g/mol. The van der Waals surface area contributed by atoms with Gasteiger partial charge in [-0.2, -0.15) is 0 Å². The van der Waals surface area contributed by atoms with Gasteiger partial charge < -0.3 is 15.4 Å². The number of aliphatic hydroxyl groups is 1. The van der Waals surface area contributed by atoms with E-state index in [1.165, 1.54) is 11.3 Å². The molecule has 3 rings (SSSR count). The first-order valence-electron chi connectivity index (χ1n) is 6.05. The number of H-pyrrole nitrogens is 1. The normalized spacial score (nSPS) is 17.8. The van der Waals surface area contributed by atoms with E-state index in [2.05, 4.69) is 15.3 Å². The van der Waals surface area contributed by atoms with Gasteiger partial charge in [-0.05, 0) is 30.7 Å². The van der Waals surface area contributed by atoms with Gasteiger partial charge in [0.25, 0.3) is 5.56 Å². The maximum atomic E-state index is 11.8. The molecule has 1 saturated carbocycles. The van der Waals surface area contributed by atoms with Crippen molar-refractivity contribution in [3.63, 3.8) is 0 Å². The van der Waals surface area contributed by atoms with Gasteiger partial charge >= 0.3 is 0 Å². The van der Waals surface area contributed by atoms with Crippen molar-refractivity contribution in [1.29, 1.82) is 0 Å². The molecule has 5 nitrogen and oxygen atoms in total. The first-order valence-corrected chi connectivity index (χ1v) is 6.93. The number of aromatic amines is 1. The number of nitrogens with one attached hydrogen (secondary N) is 2. The van der Waals surface area contributed by atoms with Gasteiger partial charge in [0.2, 0.25) is 0 Å². The van der Waals surface area contributed by atoms with E-state index in [9.17, 15) is 9.90 Å². The van der Waals surface area contributed by atoms with E-state index < -0.39 is 0 Å². The van der Waals surface area contributed by atoms with Crippen LogP contribution in [0.3, 0.4) is 0 Å². The molecule has 0 atom stereocenters. The number of thiophene rings is 1. The Morgan fingerprint density at radius 2 is 2.39 bits per heavy atom. The number of hydrogen-bond donors (Lipinski definition) is 3. The fraction of sp³-hybridized carbons (Fsp3) is 0.500. The van der Waals surface area contributed by atoms with Gasteiger partial charge in [0, 0.05) is 5.54 Å². The van der Waals surface area contributed by atoms with E-state index in [1.54, 1.807) is 0 Å². The van der Waals surface area contributed by atoms with Crippen molar-refractivity contribution in [3.8, 4) is 0 Å². The van der Waals surface area contributed by atoms with Crippen molar-refractivity contribution < 1.29 is 5.11 Å². The summed E-state index contributed by atoms with van der Waals surface area (Å²) in [6.45, 7) is 0.625. The molecule has 6 heteroatoms. The topological polar surface area (TPSA) is 78.0 Å². The maximum absolute atomic E-state index is 11.8. The third-order valence-corrected chi connectivity index (χ3v) is 4.51. The molecule has 2 heterocycles. The molecule has 0 aromatic carbocycles. The molecule has 1 aliphatic carbocycles. The highest BCUT2D eigenvalue weighted by atomic mass is 32.1. The van der Waals surface area contributed by atoms with Gasteiger partial charge in [-0.1, -0.05) is 0 Å². The molecule has 18 heavy (non-hydrogen) atoms. The Hall–Kier alpha value is -1.24. The Morgan fingerprint density at radius 1 is 1.56 bits per heavy atom. The minimum absolute atomic E-state index is 0.0848. The quantitative estimate of drug-likeness (QED) is 0.770. The van der Waals surface area contributed by atoms with Crippen LogP contribution in [0.4, 0.5) is 0 Å². The zero-order chi connectivity index (χ0) is 12.6. The highest BCUT2D eigenvalue weighted by Gasteiger charge is 2.35. The first kappa shape index (κ1) is 11.8. The smallest absolute Gasteiger partial charge is 0.268 e. The summed E-state index contributed by atoms with van der Waals surface area (Å²) in [5.74, 6) is 0.630. The van der Waals surface area contributed by atoms with E-state index in [0.29, 0.717) is 17.1 Å². The lowest BCUT2D eigenvalue weighted by Gasteiger charge is -2.41. The Kier molecular flexibility index (Phi) is 2.93. The van der Waals surface area contributed by atoms with Gasteiger partial charge in [-0.15, -0.1) is 11.3 Å². The summed E-state index contributed by atoms with van der Waals surface area (Å²) in [6.07, 6.45) is 3.10. The maximum Gasteiger partial charge on any atom is 0.268 e. The lowest BCUT2D eigenvalue weighted by Crippen LogP contribution is -2.53. The van der Waals surface area contributed by atoms with Gasteiger partial charge in [0.1, 0.15) is 10.5 Å². The number of fused-ring (bicyclic) bond motifs is 1. The fourth-order valence-electron chi connectivity index (χ4n) is 2.27. The Morgan fingerprint density at radius 3 is 3.06 bits per heavy atom. The first-order chi connectivity index (χ1) is 8.72. The second-order valence-corrected chi connectivity index (χ2v) is 5.71. The van der Waals surface area contributed by atoms with Crippen LogP contribution in [0.15, 0.2) is 16.2 Å². The van der Waals surface area contributed by atoms with Crippen molar-refractivity contribution in [2.24, 2.45) is 0 Å². The van der Waals surface area contributed by atoms with Crippen LogP contribution >= 0.6 is 11.3 Å². The van der Waals surface area contributed by atoms with Gasteiger partial charge in [-0.25, -0.2) is 4.98 Å². The van der Waals surface area contributed by atoms with Crippen molar-refractivity contribution >= 4 is 21.6 Å². The second kappa shape index (κ2) is 4.46. The number of rotatable bonds is 4. The highest BCUT2D eigenvalue weighted by Crippen LogP contribution is 2.31. The SMILES string of the molecule is O=c1[nH]c(CNC2(CO)CCC2)nc2ccsc12. The Balaban J connectivity index is 1.80. The van der Waals surface area contributed by atoms with Crippen molar-refractivity contribution in [2.75, 3.05) is 6.61 Å². The summed E-state index contributed by atoms with van der Waals surface area (Å²) in [5, 5.41) is 14.5. The van der Waals surface area contributed by atoms with Crippen LogP contribution in [0.2, 0.25) is 0 Å². The molecule has 0 saturated heterocycles. The number of nitrogens with zero attached hydrogens (tertiary/aromatic N) is 1. The van der Waals surface area contributed by atoms with Crippen molar-refractivity contribution in [3.05, 3.63) is 27.6 Å². The zero-order valence-corrected chi connectivity index (χ0v) is 10.7. The molecule has 2 aromatic rings. The third kappa shape index (κ3) is 1.96. The van der Waals surface area contributed by atoms with Crippen LogP contribution in [0, 0.1) is 0 Å². The lowest BCUT2D eigenvalue weighted by atomic mass is 9.77. The van der Waals surface area contributed by atoms with E-state index in [1.807, 2.05) is 11.4 Å². The van der Waals surface area contributed by atoms with Crippen LogP contribution in [0.1, 0.15) is 25.1 Å². The van der Waals surface area contributed by atoms with Crippen LogP contribution in [-0.2, 0) is 6.54 Å². The van der Waals surface area contributed by atoms with Gasteiger partial charge in [0.05, 0.1) is 18.7 Å². The molecule has 3 N–H and O–H groups in total. The molecular weight excluding hydrogens is 250 g/mol. The summed E-state index contributed by atoms with van der Waals surface area (Å²) in [5.41, 5.74) is 0.494. The summed E-state index contributed by atoms with van der Waals surface area (Å²) in [7, 11) is 0. The number of aliphatic hydroxyl groups excluding tert-OH is 1. The predicted molar refractivity (Wildman–Crippen MR) is 70.7 cm³/mol. The van der Waals surface area contributed by atoms with Crippen LogP contribution in [-0.4, -0.2) is 27.2 Å². The van der Waals surface area contributed by atoms with Crippen molar-refractivity contribution in [1.82, 2.24) is 15.3 Å². The van der Waals surface area contributed by atoms with Gasteiger partial charge in [-0.3, -0.25) is 4.79 Å². The van der Waals surface area contributed by atoms with E-state index in [0.717, 1.165) is 24.8 Å². The molecule has 2 aromatic heterocycles. The Bertz CT molecular complexity index is 610. The van der Waals surface area contributed by atoms with E-state index in [-0.39, 0.29) is 17.7 Å². The molecule has 0 spiro atoms. The van der Waals surface area contributed by atoms with E-state index >= 15 is 0 Å². The third-order valence-electron chi connectivity index (χ3n) is 3.61. The zero-order valence-electron chi connectivity index (χ0n) is 9.90. The van der Waals surface area contributed by atoms with Gasteiger partial charge in [0.15, 0.2) is 0 Å². The lowest BCUT2D eigenvalue weighted by molar-refractivity contribution is 0.0865. The molecule has 1 aliphatic rings.